The van der Waals surface area contributed by atoms with Crippen molar-refractivity contribution in [1.82, 2.24) is 10.3 Å². The van der Waals surface area contributed by atoms with Crippen LogP contribution in [-0.4, -0.2) is 30.7 Å². The first kappa shape index (κ1) is 11.4. The van der Waals surface area contributed by atoms with Crippen LogP contribution in [0.25, 0.3) is 0 Å². The maximum atomic E-state index is 4.36. The summed E-state index contributed by atoms with van der Waals surface area (Å²) in [5.41, 5.74) is 2.42. The van der Waals surface area contributed by atoms with Gasteiger partial charge < -0.3 is 10.2 Å². The van der Waals surface area contributed by atoms with E-state index >= 15 is 0 Å². The van der Waals surface area contributed by atoms with E-state index in [1.165, 1.54) is 5.69 Å². The van der Waals surface area contributed by atoms with E-state index in [1.807, 2.05) is 12.3 Å². The molecule has 0 bridgehead atoms. The molecule has 0 saturated carbocycles. The first-order valence-corrected chi connectivity index (χ1v) is 6.08. The van der Waals surface area contributed by atoms with Crippen LogP contribution >= 0.6 is 0 Å². The number of hydrogen-bond donors (Lipinski definition) is 1. The number of aryl methyl sites for hydroxylation is 1. The number of hydrogen-bond acceptors (Lipinski definition) is 3. The largest absolute Gasteiger partial charge is 0.367 e. The predicted molar refractivity (Wildman–Crippen MR) is 67.8 cm³/mol. The summed E-state index contributed by atoms with van der Waals surface area (Å²) in [6, 6.07) is 4.79. The predicted octanol–water partition coefficient (Wildman–Crippen LogP) is 1.82. The third-order valence-electron chi connectivity index (χ3n) is 3.33. The smallest absolute Gasteiger partial charge is 0.0605 e. The molecule has 2 heterocycles. The third-order valence-corrected chi connectivity index (χ3v) is 3.33. The summed E-state index contributed by atoms with van der Waals surface area (Å²) in [4.78, 5) is 6.81. The number of pyridine rings is 1. The molecule has 16 heavy (non-hydrogen) atoms. The van der Waals surface area contributed by atoms with E-state index in [0.29, 0.717) is 12.0 Å². The molecule has 0 aromatic carbocycles. The van der Waals surface area contributed by atoms with Crippen molar-refractivity contribution in [2.45, 2.75) is 26.8 Å². The molecule has 1 saturated heterocycles. The highest BCUT2D eigenvalue weighted by Crippen LogP contribution is 2.20. The number of aromatic nitrogens is 1. The van der Waals surface area contributed by atoms with Crippen molar-refractivity contribution in [3.63, 3.8) is 0 Å². The van der Waals surface area contributed by atoms with E-state index < -0.39 is 0 Å². The fourth-order valence-electron chi connectivity index (χ4n) is 2.25. The Morgan fingerprint density at radius 3 is 3.00 bits per heavy atom. The highest BCUT2D eigenvalue weighted by molar-refractivity contribution is 5.50. The fourth-order valence-corrected chi connectivity index (χ4v) is 2.25. The third kappa shape index (κ3) is 2.35. The van der Waals surface area contributed by atoms with Crippen molar-refractivity contribution in [2.24, 2.45) is 5.92 Å². The number of nitrogens with one attached hydrogen (secondary N) is 1. The molecule has 0 amide bonds. The van der Waals surface area contributed by atoms with E-state index in [1.54, 1.807) is 0 Å². The van der Waals surface area contributed by atoms with Gasteiger partial charge in [0.15, 0.2) is 0 Å². The number of piperazine rings is 1. The second kappa shape index (κ2) is 4.83. The molecular formula is C13H21N3. The van der Waals surface area contributed by atoms with Crippen molar-refractivity contribution in [2.75, 3.05) is 24.5 Å². The van der Waals surface area contributed by atoms with Gasteiger partial charge in [-0.3, -0.25) is 4.98 Å². The van der Waals surface area contributed by atoms with Crippen molar-refractivity contribution < 1.29 is 0 Å². The van der Waals surface area contributed by atoms with E-state index in [0.717, 1.165) is 25.3 Å². The summed E-state index contributed by atoms with van der Waals surface area (Å²) < 4.78 is 0. The molecule has 1 aliphatic heterocycles. The Morgan fingerprint density at radius 2 is 2.31 bits per heavy atom. The lowest BCUT2D eigenvalue weighted by Crippen LogP contribution is -2.53. The van der Waals surface area contributed by atoms with Crippen LogP contribution in [0.2, 0.25) is 0 Å². The Balaban J connectivity index is 2.13. The molecule has 1 N–H and O–H groups in total. The molecule has 0 radical (unpaired) electrons. The summed E-state index contributed by atoms with van der Waals surface area (Å²) in [6.45, 7) is 9.87. The van der Waals surface area contributed by atoms with E-state index in [9.17, 15) is 0 Å². The Bertz CT molecular complexity index is 349. The van der Waals surface area contributed by atoms with Crippen LogP contribution in [-0.2, 0) is 0 Å². The van der Waals surface area contributed by atoms with Gasteiger partial charge in [-0.2, -0.15) is 0 Å². The van der Waals surface area contributed by atoms with Gasteiger partial charge in [0.05, 0.1) is 11.4 Å². The molecule has 2 rings (SSSR count). The zero-order chi connectivity index (χ0) is 11.5. The van der Waals surface area contributed by atoms with E-state index in [2.05, 4.69) is 42.0 Å². The molecular weight excluding hydrogens is 198 g/mol. The van der Waals surface area contributed by atoms with Crippen molar-refractivity contribution >= 4 is 5.69 Å². The zero-order valence-electron chi connectivity index (χ0n) is 10.4. The van der Waals surface area contributed by atoms with E-state index in [-0.39, 0.29) is 0 Å². The fraction of sp³-hybridized carbons (Fsp3) is 0.615. The van der Waals surface area contributed by atoms with Crippen LogP contribution < -0.4 is 10.2 Å². The summed E-state index contributed by atoms with van der Waals surface area (Å²) in [5.74, 6) is 0.680. The number of anilines is 1. The van der Waals surface area contributed by atoms with Crippen LogP contribution in [0.1, 0.15) is 19.5 Å². The minimum Gasteiger partial charge on any atom is -0.367 e. The first-order chi connectivity index (χ1) is 7.68. The topological polar surface area (TPSA) is 28.2 Å². The molecule has 0 spiro atoms. The first-order valence-electron chi connectivity index (χ1n) is 6.08. The standard InChI is InChI=1S/C13H21N3/c1-10(2)12-9-16(8-7-15-12)13-5-4-6-14-11(13)3/h4-6,10,12,15H,7-9H2,1-3H3. The molecule has 1 fully saturated rings. The monoisotopic (exact) mass is 219 g/mol. The van der Waals surface area contributed by atoms with Crippen LogP contribution in [0.4, 0.5) is 5.69 Å². The van der Waals surface area contributed by atoms with Gasteiger partial charge in [0.2, 0.25) is 0 Å². The highest BCUT2D eigenvalue weighted by atomic mass is 15.2. The quantitative estimate of drug-likeness (QED) is 0.822. The lowest BCUT2D eigenvalue weighted by atomic mass is 10.0. The van der Waals surface area contributed by atoms with Crippen molar-refractivity contribution in [3.8, 4) is 0 Å². The summed E-state index contributed by atoms with van der Waals surface area (Å²) in [6.07, 6.45) is 1.86. The summed E-state index contributed by atoms with van der Waals surface area (Å²) >= 11 is 0. The molecule has 1 aromatic rings. The average Bonchev–Trinajstić information content (AvgIpc) is 2.30. The Morgan fingerprint density at radius 1 is 1.50 bits per heavy atom. The second-order valence-corrected chi connectivity index (χ2v) is 4.86. The van der Waals surface area contributed by atoms with Gasteiger partial charge >= 0.3 is 0 Å². The van der Waals surface area contributed by atoms with Gasteiger partial charge in [-0.25, -0.2) is 0 Å². The van der Waals surface area contributed by atoms with Gasteiger partial charge in [0, 0.05) is 31.9 Å². The molecule has 1 unspecified atom stereocenters. The maximum absolute atomic E-state index is 4.36. The summed E-state index contributed by atoms with van der Waals surface area (Å²) in [7, 11) is 0. The zero-order valence-corrected chi connectivity index (χ0v) is 10.4. The number of nitrogens with zero attached hydrogens (tertiary/aromatic N) is 2. The molecule has 88 valence electrons. The summed E-state index contributed by atoms with van der Waals surface area (Å²) in [5, 5.41) is 3.58. The van der Waals surface area contributed by atoms with Crippen LogP contribution in [0.15, 0.2) is 18.3 Å². The molecule has 3 heteroatoms. The Labute approximate surface area is 97.9 Å². The minimum atomic E-state index is 0.591. The van der Waals surface area contributed by atoms with Gasteiger partial charge in [-0.05, 0) is 25.0 Å². The number of rotatable bonds is 2. The SMILES string of the molecule is Cc1ncccc1N1CCNC(C(C)C)C1. The van der Waals surface area contributed by atoms with Crippen molar-refractivity contribution in [1.29, 1.82) is 0 Å². The van der Waals surface area contributed by atoms with Crippen LogP contribution in [0, 0.1) is 12.8 Å². The Kier molecular flexibility index (Phi) is 3.44. The molecule has 3 nitrogen and oxygen atoms in total. The molecule has 0 aliphatic carbocycles. The van der Waals surface area contributed by atoms with E-state index in [4.69, 9.17) is 0 Å². The van der Waals surface area contributed by atoms with Gasteiger partial charge in [0.1, 0.15) is 0 Å². The molecule has 1 aromatic heterocycles. The highest BCUT2D eigenvalue weighted by Gasteiger charge is 2.22. The average molecular weight is 219 g/mol. The maximum Gasteiger partial charge on any atom is 0.0605 e. The van der Waals surface area contributed by atoms with Gasteiger partial charge in [-0.1, -0.05) is 13.8 Å². The van der Waals surface area contributed by atoms with Crippen LogP contribution in [0.5, 0.6) is 0 Å². The van der Waals surface area contributed by atoms with Crippen LogP contribution in [0.3, 0.4) is 0 Å². The minimum absolute atomic E-state index is 0.591. The normalized spacial score (nSPS) is 21.5. The van der Waals surface area contributed by atoms with Gasteiger partial charge in [0.25, 0.3) is 0 Å². The lowest BCUT2D eigenvalue weighted by molar-refractivity contribution is 0.368. The second-order valence-electron chi connectivity index (χ2n) is 4.86. The van der Waals surface area contributed by atoms with Crippen molar-refractivity contribution in [3.05, 3.63) is 24.0 Å². The Hall–Kier alpha value is -1.09. The van der Waals surface area contributed by atoms with Gasteiger partial charge in [-0.15, -0.1) is 0 Å². The molecule has 1 atom stereocenters. The lowest BCUT2D eigenvalue weighted by Gasteiger charge is -2.37. The molecule has 1 aliphatic rings.